The van der Waals surface area contributed by atoms with Crippen molar-refractivity contribution >= 4 is 5.91 Å². The largest absolute Gasteiger partial charge is 0.481 e. The molecule has 0 heterocycles. The molecule has 0 aliphatic heterocycles. The minimum absolute atomic E-state index is 0.0643. The van der Waals surface area contributed by atoms with Gasteiger partial charge in [-0.15, -0.1) is 0 Å². The number of rotatable bonds is 4. The fourth-order valence-corrected chi connectivity index (χ4v) is 2.95. The van der Waals surface area contributed by atoms with Gasteiger partial charge in [-0.25, -0.2) is 0 Å². The normalized spacial score (nSPS) is 18.1. The van der Waals surface area contributed by atoms with Crippen molar-refractivity contribution in [2.24, 2.45) is 0 Å². The van der Waals surface area contributed by atoms with Crippen LogP contribution in [0.1, 0.15) is 36.9 Å². The van der Waals surface area contributed by atoms with Crippen molar-refractivity contribution in [2.45, 2.75) is 38.3 Å². The molecular formula is C19H21NO2. The maximum Gasteiger partial charge on any atom is 0.261 e. The first-order valence-corrected chi connectivity index (χ1v) is 7.84. The van der Waals surface area contributed by atoms with Crippen LogP contribution in [0.2, 0.25) is 0 Å². The van der Waals surface area contributed by atoms with E-state index in [9.17, 15) is 4.79 Å². The van der Waals surface area contributed by atoms with Gasteiger partial charge in [-0.2, -0.15) is 0 Å². The molecule has 3 nitrogen and oxygen atoms in total. The first-order valence-electron chi connectivity index (χ1n) is 7.84. The number of aryl methyl sites for hydroxylation is 1. The van der Waals surface area contributed by atoms with E-state index in [-0.39, 0.29) is 11.9 Å². The van der Waals surface area contributed by atoms with Crippen molar-refractivity contribution in [3.05, 3.63) is 65.7 Å². The van der Waals surface area contributed by atoms with Crippen LogP contribution in [0.5, 0.6) is 5.75 Å². The van der Waals surface area contributed by atoms with Crippen molar-refractivity contribution in [1.82, 2.24) is 5.32 Å². The summed E-state index contributed by atoms with van der Waals surface area (Å²) in [5.41, 5.74) is 2.59. The molecule has 3 heteroatoms. The van der Waals surface area contributed by atoms with Gasteiger partial charge in [-0.3, -0.25) is 4.79 Å². The van der Waals surface area contributed by atoms with Crippen molar-refractivity contribution in [3.8, 4) is 5.75 Å². The molecule has 2 aromatic carbocycles. The van der Waals surface area contributed by atoms with Gasteiger partial charge in [0.25, 0.3) is 5.91 Å². The average molecular weight is 295 g/mol. The number of carbonyl (C=O) groups excluding carboxylic acids is 1. The van der Waals surface area contributed by atoms with Crippen LogP contribution in [0.4, 0.5) is 0 Å². The second kappa shape index (κ2) is 6.65. The average Bonchev–Trinajstić information content (AvgIpc) is 2.56. The third-order valence-electron chi connectivity index (χ3n) is 4.11. The van der Waals surface area contributed by atoms with Crippen LogP contribution >= 0.6 is 0 Å². The monoisotopic (exact) mass is 295 g/mol. The highest BCUT2D eigenvalue weighted by molar-refractivity contribution is 5.81. The molecule has 0 spiro atoms. The molecule has 0 saturated carbocycles. The van der Waals surface area contributed by atoms with Gasteiger partial charge in [0.1, 0.15) is 5.75 Å². The van der Waals surface area contributed by atoms with Crippen molar-refractivity contribution in [2.75, 3.05) is 0 Å². The summed E-state index contributed by atoms with van der Waals surface area (Å²) in [5, 5.41) is 3.13. The third-order valence-corrected chi connectivity index (χ3v) is 4.11. The second-order valence-corrected chi connectivity index (χ2v) is 5.73. The second-order valence-electron chi connectivity index (χ2n) is 5.73. The van der Waals surface area contributed by atoms with E-state index in [1.165, 1.54) is 11.1 Å². The molecule has 0 aromatic heterocycles. The molecule has 1 aliphatic rings. The van der Waals surface area contributed by atoms with Crippen LogP contribution in [0.25, 0.3) is 0 Å². The fraction of sp³-hybridized carbons (Fsp3) is 0.316. The van der Waals surface area contributed by atoms with Crippen LogP contribution in [0.15, 0.2) is 54.6 Å². The lowest BCUT2D eigenvalue weighted by atomic mass is 9.87. The highest BCUT2D eigenvalue weighted by Gasteiger charge is 2.24. The maximum absolute atomic E-state index is 12.4. The Labute approximate surface area is 131 Å². The van der Waals surface area contributed by atoms with Gasteiger partial charge in [0.2, 0.25) is 0 Å². The van der Waals surface area contributed by atoms with Crippen LogP contribution in [0.3, 0.4) is 0 Å². The van der Waals surface area contributed by atoms with Gasteiger partial charge in [0.05, 0.1) is 6.04 Å². The molecule has 0 bridgehead atoms. The van der Waals surface area contributed by atoms with E-state index in [1.54, 1.807) is 6.92 Å². The molecule has 0 unspecified atom stereocenters. The minimum Gasteiger partial charge on any atom is -0.481 e. The van der Waals surface area contributed by atoms with Crippen LogP contribution in [-0.2, 0) is 11.2 Å². The molecule has 22 heavy (non-hydrogen) atoms. The zero-order valence-electron chi connectivity index (χ0n) is 12.8. The molecule has 1 N–H and O–H groups in total. The maximum atomic E-state index is 12.4. The number of hydrogen-bond acceptors (Lipinski definition) is 2. The van der Waals surface area contributed by atoms with Crippen molar-refractivity contribution in [1.29, 1.82) is 0 Å². The number of hydrogen-bond donors (Lipinski definition) is 1. The summed E-state index contributed by atoms with van der Waals surface area (Å²) in [6.45, 7) is 1.79. The van der Waals surface area contributed by atoms with E-state index in [4.69, 9.17) is 4.74 Å². The molecule has 2 aromatic rings. The van der Waals surface area contributed by atoms with Crippen LogP contribution in [0, 0.1) is 0 Å². The molecule has 1 amide bonds. The standard InChI is InChI=1S/C19H21NO2/c1-14(22-16-10-3-2-4-11-16)19(21)20-18-13-7-9-15-8-5-6-12-17(15)18/h2-6,8,10-12,14,18H,7,9,13H2,1H3,(H,20,21)/t14-,18+/m1/s1. The van der Waals surface area contributed by atoms with E-state index in [2.05, 4.69) is 23.5 Å². The SMILES string of the molecule is C[C@@H](Oc1ccccc1)C(=O)N[C@H]1CCCc2ccccc21. The Balaban J connectivity index is 1.65. The summed E-state index contributed by atoms with van der Waals surface area (Å²) in [5.74, 6) is 0.653. The molecule has 114 valence electrons. The highest BCUT2D eigenvalue weighted by Crippen LogP contribution is 2.29. The van der Waals surface area contributed by atoms with Crippen molar-refractivity contribution < 1.29 is 9.53 Å². The quantitative estimate of drug-likeness (QED) is 0.935. The van der Waals surface area contributed by atoms with Crippen LogP contribution < -0.4 is 10.1 Å². The smallest absolute Gasteiger partial charge is 0.261 e. The number of para-hydroxylation sites is 1. The summed E-state index contributed by atoms with van der Waals surface area (Å²) in [6.07, 6.45) is 2.69. The Kier molecular flexibility index (Phi) is 4.42. The number of carbonyl (C=O) groups is 1. The molecule has 0 radical (unpaired) electrons. The number of benzene rings is 2. The van der Waals surface area contributed by atoms with E-state index < -0.39 is 6.10 Å². The molecule has 3 rings (SSSR count). The Bertz CT molecular complexity index is 639. The molecule has 2 atom stereocenters. The van der Waals surface area contributed by atoms with Crippen molar-refractivity contribution in [3.63, 3.8) is 0 Å². The summed E-state index contributed by atoms with van der Waals surface area (Å²) in [4.78, 5) is 12.4. The molecule has 0 fully saturated rings. The lowest BCUT2D eigenvalue weighted by Crippen LogP contribution is -2.39. The number of nitrogens with one attached hydrogen (secondary N) is 1. The first-order chi connectivity index (χ1) is 10.7. The predicted octanol–water partition coefficient (Wildman–Crippen LogP) is 3.65. The highest BCUT2D eigenvalue weighted by atomic mass is 16.5. The summed E-state index contributed by atoms with van der Waals surface area (Å²) >= 11 is 0. The predicted molar refractivity (Wildman–Crippen MR) is 86.8 cm³/mol. The van der Waals surface area contributed by atoms with Gasteiger partial charge in [-0.1, -0.05) is 42.5 Å². The summed E-state index contributed by atoms with van der Waals surface area (Å²) in [6, 6.07) is 17.9. The lowest BCUT2D eigenvalue weighted by Gasteiger charge is -2.27. The Morgan fingerprint density at radius 1 is 1.14 bits per heavy atom. The Morgan fingerprint density at radius 3 is 2.68 bits per heavy atom. The van der Waals surface area contributed by atoms with E-state index >= 15 is 0 Å². The summed E-state index contributed by atoms with van der Waals surface area (Å²) < 4.78 is 5.69. The zero-order chi connectivity index (χ0) is 15.4. The van der Waals surface area contributed by atoms with Gasteiger partial charge >= 0.3 is 0 Å². The first kappa shape index (κ1) is 14.6. The van der Waals surface area contributed by atoms with E-state index in [1.807, 2.05) is 36.4 Å². The Morgan fingerprint density at radius 2 is 1.86 bits per heavy atom. The molecule has 1 aliphatic carbocycles. The summed E-state index contributed by atoms with van der Waals surface area (Å²) in [7, 11) is 0. The lowest BCUT2D eigenvalue weighted by molar-refractivity contribution is -0.128. The van der Waals surface area contributed by atoms with E-state index in [0.717, 1.165) is 19.3 Å². The van der Waals surface area contributed by atoms with Crippen LogP contribution in [-0.4, -0.2) is 12.0 Å². The topological polar surface area (TPSA) is 38.3 Å². The van der Waals surface area contributed by atoms with Gasteiger partial charge in [-0.05, 0) is 49.4 Å². The molecule has 0 saturated heterocycles. The van der Waals surface area contributed by atoms with Gasteiger partial charge in [0, 0.05) is 0 Å². The zero-order valence-corrected chi connectivity index (χ0v) is 12.8. The number of ether oxygens (including phenoxy) is 1. The number of amides is 1. The van der Waals surface area contributed by atoms with E-state index in [0.29, 0.717) is 5.75 Å². The third kappa shape index (κ3) is 3.30. The fourth-order valence-electron chi connectivity index (χ4n) is 2.95. The Hall–Kier alpha value is -2.29. The van der Waals surface area contributed by atoms with Gasteiger partial charge in [0.15, 0.2) is 6.10 Å². The molecular weight excluding hydrogens is 274 g/mol. The number of fused-ring (bicyclic) bond motifs is 1. The minimum atomic E-state index is -0.503. The van der Waals surface area contributed by atoms with Gasteiger partial charge < -0.3 is 10.1 Å².